The Bertz CT molecular complexity index is 722. The van der Waals surface area contributed by atoms with E-state index in [-0.39, 0.29) is 0 Å². The number of aromatic nitrogens is 2. The summed E-state index contributed by atoms with van der Waals surface area (Å²) < 4.78 is 0. The number of aryl methyl sites for hydroxylation is 1. The topological polar surface area (TPSA) is 25.8 Å². The normalized spacial score (nSPS) is 11.2. The molecule has 3 rings (SSSR count). The molecule has 3 heteroatoms. The van der Waals surface area contributed by atoms with E-state index >= 15 is 0 Å². The molecular formula is C15H13ClN2. The molecule has 0 aliphatic carbocycles. The predicted octanol–water partition coefficient (Wildman–Crippen LogP) is 4.39. The number of fused-ring (bicyclic) bond motifs is 3. The molecule has 0 aliphatic heterocycles. The molecule has 2 heterocycles. The van der Waals surface area contributed by atoms with Crippen molar-refractivity contribution in [2.45, 2.75) is 19.8 Å². The molecule has 0 saturated carbocycles. The van der Waals surface area contributed by atoms with Crippen LogP contribution in [0.3, 0.4) is 0 Å². The summed E-state index contributed by atoms with van der Waals surface area (Å²) in [4.78, 5) is 8.69. The Morgan fingerprint density at radius 2 is 2.00 bits per heavy atom. The van der Waals surface area contributed by atoms with Gasteiger partial charge in [0.05, 0.1) is 5.52 Å². The Balaban J connectivity index is 2.35. The first-order chi connectivity index (χ1) is 8.79. The smallest absolute Gasteiger partial charge is 0.132 e. The van der Waals surface area contributed by atoms with Gasteiger partial charge in [-0.15, -0.1) is 0 Å². The Hall–Kier alpha value is -1.67. The first kappa shape index (κ1) is 11.4. The molecule has 0 radical (unpaired) electrons. The first-order valence-corrected chi connectivity index (χ1v) is 6.49. The van der Waals surface area contributed by atoms with Crippen molar-refractivity contribution in [1.29, 1.82) is 0 Å². The van der Waals surface area contributed by atoms with E-state index < -0.39 is 0 Å². The van der Waals surface area contributed by atoms with Gasteiger partial charge in [-0.2, -0.15) is 0 Å². The number of hydrogen-bond donors (Lipinski definition) is 0. The van der Waals surface area contributed by atoms with Crippen molar-refractivity contribution in [2.75, 3.05) is 0 Å². The molecule has 0 fully saturated rings. The maximum absolute atomic E-state index is 6.26. The highest BCUT2D eigenvalue weighted by Gasteiger charge is 2.07. The van der Waals surface area contributed by atoms with E-state index in [1.807, 2.05) is 12.3 Å². The summed E-state index contributed by atoms with van der Waals surface area (Å²) in [6, 6.07) is 8.30. The van der Waals surface area contributed by atoms with Crippen LogP contribution in [0.2, 0.25) is 5.15 Å². The SMILES string of the molecule is CCCc1cc2ccc3cnccc3c2nc1Cl. The minimum Gasteiger partial charge on any atom is -0.264 e. The van der Waals surface area contributed by atoms with Crippen molar-refractivity contribution >= 4 is 33.3 Å². The molecule has 0 spiro atoms. The van der Waals surface area contributed by atoms with Crippen molar-refractivity contribution in [3.8, 4) is 0 Å². The van der Waals surface area contributed by atoms with Crippen molar-refractivity contribution in [3.05, 3.63) is 47.4 Å². The van der Waals surface area contributed by atoms with Gasteiger partial charge in [0.15, 0.2) is 0 Å². The Morgan fingerprint density at radius 1 is 1.17 bits per heavy atom. The van der Waals surface area contributed by atoms with Gasteiger partial charge in [0.1, 0.15) is 5.15 Å². The summed E-state index contributed by atoms with van der Waals surface area (Å²) in [6.07, 6.45) is 5.68. The first-order valence-electron chi connectivity index (χ1n) is 6.11. The zero-order valence-electron chi connectivity index (χ0n) is 10.2. The van der Waals surface area contributed by atoms with Crippen molar-refractivity contribution < 1.29 is 0 Å². The highest BCUT2D eigenvalue weighted by molar-refractivity contribution is 6.30. The minimum absolute atomic E-state index is 0.619. The average molecular weight is 257 g/mol. The maximum atomic E-state index is 6.26. The van der Waals surface area contributed by atoms with Crippen molar-refractivity contribution in [1.82, 2.24) is 9.97 Å². The standard InChI is InChI=1S/C15H13ClN2/c1-2-3-11-8-10-4-5-12-9-17-7-6-13(12)14(10)18-15(11)16/h4-9H,2-3H2,1H3. The summed E-state index contributed by atoms with van der Waals surface area (Å²) in [5.74, 6) is 0. The molecule has 18 heavy (non-hydrogen) atoms. The third-order valence-electron chi connectivity index (χ3n) is 3.15. The van der Waals surface area contributed by atoms with Crippen LogP contribution in [0, 0.1) is 0 Å². The molecule has 0 aliphatic rings. The van der Waals surface area contributed by atoms with Gasteiger partial charge in [0, 0.05) is 28.6 Å². The number of benzene rings is 1. The Labute approximate surface area is 111 Å². The van der Waals surface area contributed by atoms with E-state index in [0.717, 1.165) is 40.1 Å². The van der Waals surface area contributed by atoms with E-state index in [1.54, 1.807) is 6.20 Å². The fourth-order valence-corrected chi connectivity index (χ4v) is 2.51. The summed E-state index contributed by atoms with van der Waals surface area (Å²) >= 11 is 6.26. The third kappa shape index (κ3) is 1.83. The van der Waals surface area contributed by atoms with E-state index in [4.69, 9.17) is 11.6 Å². The molecule has 90 valence electrons. The van der Waals surface area contributed by atoms with Gasteiger partial charge < -0.3 is 0 Å². The summed E-state index contributed by atoms with van der Waals surface area (Å²) in [7, 11) is 0. The second kappa shape index (κ2) is 4.54. The van der Waals surface area contributed by atoms with Crippen LogP contribution in [0.4, 0.5) is 0 Å². The van der Waals surface area contributed by atoms with E-state index in [2.05, 4.69) is 35.1 Å². The molecule has 0 amide bonds. The second-order valence-electron chi connectivity index (χ2n) is 4.42. The minimum atomic E-state index is 0.619. The van der Waals surface area contributed by atoms with Crippen LogP contribution in [0.5, 0.6) is 0 Å². The molecule has 0 bridgehead atoms. The molecular weight excluding hydrogens is 244 g/mol. The lowest BCUT2D eigenvalue weighted by molar-refractivity contribution is 0.918. The van der Waals surface area contributed by atoms with E-state index in [1.165, 1.54) is 0 Å². The lowest BCUT2D eigenvalue weighted by Crippen LogP contribution is -1.91. The molecule has 3 aromatic rings. The Kier molecular flexibility index (Phi) is 2.88. The zero-order valence-corrected chi connectivity index (χ0v) is 10.9. The largest absolute Gasteiger partial charge is 0.264 e. The fraction of sp³-hybridized carbons (Fsp3) is 0.200. The third-order valence-corrected chi connectivity index (χ3v) is 3.47. The molecule has 0 atom stereocenters. The van der Waals surface area contributed by atoms with Gasteiger partial charge in [-0.3, -0.25) is 4.98 Å². The number of halogens is 1. The monoisotopic (exact) mass is 256 g/mol. The van der Waals surface area contributed by atoms with Gasteiger partial charge in [0.25, 0.3) is 0 Å². The Morgan fingerprint density at radius 3 is 2.83 bits per heavy atom. The van der Waals surface area contributed by atoms with Crippen LogP contribution in [0.1, 0.15) is 18.9 Å². The van der Waals surface area contributed by atoms with E-state index in [9.17, 15) is 0 Å². The molecule has 1 aromatic carbocycles. The summed E-state index contributed by atoms with van der Waals surface area (Å²) in [5.41, 5.74) is 2.08. The number of nitrogens with zero attached hydrogens (tertiary/aromatic N) is 2. The quantitative estimate of drug-likeness (QED) is 0.502. The second-order valence-corrected chi connectivity index (χ2v) is 4.78. The van der Waals surface area contributed by atoms with Gasteiger partial charge in [0.2, 0.25) is 0 Å². The number of pyridine rings is 2. The highest BCUT2D eigenvalue weighted by Crippen LogP contribution is 2.27. The van der Waals surface area contributed by atoms with Crippen LogP contribution in [-0.4, -0.2) is 9.97 Å². The summed E-state index contributed by atoms with van der Waals surface area (Å²) in [6.45, 7) is 2.15. The number of hydrogen-bond acceptors (Lipinski definition) is 2. The van der Waals surface area contributed by atoms with Gasteiger partial charge in [-0.25, -0.2) is 4.98 Å². The highest BCUT2D eigenvalue weighted by atomic mass is 35.5. The van der Waals surface area contributed by atoms with Gasteiger partial charge in [-0.1, -0.05) is 37.1 Å². The molecule has 0 N–H and O–H groups in total. The summed E-state index contributed by atoms with van der Waals surface area (Å²) in [5, 5.41) is 3.96. The van der Waals surface area contributed by atoms with Crippen molar-refractivity contribution in [2.24, 2.45) is 0 Å². The lowest BCUT2D eigenvalue weighted by atomic mass is 10.1. The van der Waals surface area contributed by atoms with Crippen LogP contribution < -0.4 is 0 Å². The average Bonchev–Trinajstić information content (AvgIpc) is 2.40. The molecule has 0 saturated heterocycles. The maximum Gasteiger partial charge on any atom is 0.132 e. The molecule has 2 aromatic heterocycles. The predicted molar refractivity (Wildman–Crippen MR) is 76.0 cm³/mol. The van der Waals surface area contributed by atoms with Crippen LogP contribution in [0.25, 0.3) is 21.7 Å². The zero-order chi connectivity index (χ0) is 12.5. The van der Waals surface area contributed by atoms with Crippen molar-refractivity contribution in [3.63, 3.8) is 0 Å². The van der Waals surface area contributed by atoms with E-state index in [0.29, 0.717) is 5.15 Å². The fourth-order valence-electron chi connectivity index (χ4n) is 2.27. The molecule has 2 nitrogen and oxygen atoms in total. The number of rotatable bonds is 2. The van der Waals surface area contributed by atoms with Crippen LogP contribution in [0.15, 0.2) is 36.7 Å². The molecule has 0 unspecified atom stereocenters. The lowest BCUT2D eigenvalue weighted by Gasteiger charge is -2.07. The van der Waals surface area contributed by atoms with Crippen LogP contribution >= 0.6 is 11.6 Å². The van der Waals surface area contributed by atoms with Gasteiger partial charge in [-0.05, 0) is 24.1 Å². The van der Waals surface area contributed by atoms with Gasteiger partial charge >= 0.3 is 0 Å². The van der Waals surface area contributed by atoms with Crippen LogP contribution in [-0.2, 0) is 6.42 Å².